The highest BCUT2D eigenvalue weighted by molar-refractivity contribution is 5.91. The van der Waals surface area contributed by atoms with Gasteiger partial charge in [0.15, 0.2) is 0 Å². The summed E-state index contributed by atoms with van der Waals surface area (Å²) < 4.78 is 7.16. The van der Waals surface area contributed by atoms with Crippen LogP contribution in [0.1, 0.15) is 5.69 Å². The summed E-state index contributed by atoms with van der Waals surface area (Å²) in [5.74, 6) is 0.329. The maximum absolute atomic E-state index is 12.2. The van der Waals surface area contributed by atoms with Gasteiger partial charge in [0.05, 0.1) is 35.9 Å². The van der Waals surface area contributed by atoms with Gasteiger partial charge in [-0.3, -0.25) is 4.79 Å². The number of nitrogens with zero attached hydrogens (tertiary/aromatic N) is 3. The van der Waals surface area contributed by atoms with E-state index in [9.17, 15) is 4.79 Å². The maximum Gasteiger partial charge on any atom is 0.230 e. The van der Waals surface area contributed by atoms with Crippen LogP contribution in [-0.4, -0.2) is 20.7 Å². The van der Waals surface area contributed by atoms with E-state index in [4.69, 9.17) is 4.42 Å². The molecule has 1 amide bonds. The molecule has 0 aliphatic rings. The molecule has 0 fully saturated rings. The molecule has 0 saturated carbocycles. The van der Waals surface area contributed by atoms with Crippen molar-refractivity contribution >= 4 is 11.6 Å². The fourth-order valence-electron chi connectivity index (χ4n) is 2.58. The van der Waals surface area contributed by atoms with Gasteiger partial charge in [-0.05, 0) is 24.3 Å². The highest BCUT2D eigenvalue weighted by Gasteiger charge is 2.11. The minimum atomic E-state index is -0.175. The zero-order valence-electron chi connectivity index (χ0n) is 13.9. The van der Waals surface area contributed by atoms with Gasteiger partial charge in [-0.2, -0.15) is 5.10 Å². The molecular formula is C20H16N4O2. The Morgan fingerprint density at radius 3 is 2.54 bits per heavy atom. The van der Waals surface area contributed by atoms with E-state index in [0.717, 1.165) is 11.3 Å². The van der Waals surface area contributed by atoms with Crippen LogP contribution in [0.5, 0.6) is 0 Å². The second kappa shape index (κ2) is 7.06. The SMILES string of the molecule is O=C(Cc1coc(-c2ccccc2)n1)Nc1cnn(-c2ccccc2)c1. The van der Waals surface area contributed by atoms with Crippen LogP contribution < -0.4 is 5.32 Å². The van der Waals surface area contributed by atoms with Crippen LogP contribution in [0, 0.1) is 0 Å². The Labute approximate surface area is 150 Å². The van der Waals surface area contributed by atoms with Crippen molar-refractivity contribution in [2.45, 2.75) is 6.42 Å². The Kier molecular flexibility index (Phi) is 4.30. The molecule has 0 bridgehead atoms. The van der Waals surface area contributed by atoms with Crippen LogP contribution in [0.4, 0.5) is 5.69 Å². The molecule has 2 heterocycles. The van der Waals surface area contributed by atoms with Crippen molar-refractivity contribution in [3.63, 3.8) is 0 Å². The van der Waals surface area contributed by atoms with Crippen LogP contribution in [-0.2, 0) is 11.2 Å². The average molecular weight is 344 g/mol. The molecule has 1 N–H and O–H groups in total. The first kappa shape index (κ1) is 15.8. The highest BCUT2D eigenvalue weighted by atomic mass is 16.3. The van der Waals surface area contributed by atoms with Crippen LogP contribution in [0.25, 0.3) is 17.1 Å². The van der Waals surface area contributed by atoms with Crippen molar-refractivity contribution in [2.75, 3.05) is 5.32 Å². The first-order valence-electron chi connectivity index (χ1n) is 8.18. The first-order valence-corrected chi connectivity index (χ1v) is 8.18. The lowest BCUT2D eigenvalue weighted by Gasteiger charge is -2.01. The van der Waals surface area contributed by atoms with Gasteiger partial charge < -0.3 is 9.73 Å². The zero-order chi connectivity index (χ0) is 17.8. The maximum atomic E-state index is 12.2. The summed E-state index contributed by atoms with van der Waals surface area (Å²) in [6.45, 7) is 0. The van der Waals surface area contributed by atoms with Crippen molar-refractivity contribution in [3.8, 4) is 17.1 Å². The third kappa shape index (κ3) is 3.54. The highest BCUT2D eigenvalue weighted by Crippen LogP contribution is 2.18. The second-order valence-corrected chi connectivity index (χ2v) is 5.74. The van der Waals surface area contributed by atoms with Gasteiger partial charge in [0.25, 0.3) is 0 Å². The summed E-state index contributed by atoms with van der Waals surface area (Å²) in [5, 5.41) is 7.08. The molecule has 4 aromatic rings. The quantitative estimate of drug-likeness (QED) is 0.599. The molecule has 128 valence electrons. The lowest BCUT2D eigenvalue weighted by Crippen LogP contribution is -2.14. The molecule has 0 saturated heterocycles. The zero-order valence-corrected chi connectivity index (χ0v) is 13.9. The number of aromatic nitrogens is 3. The third-order valence-corrected chi connectivity index (χ3v) is 3.80. The molecule has 0 unspecified atom stereocenters. The second-order valence-electron chi connectivity index (χ2n) is 5.74. The Bertz CT molecular complexity index is 925. The monoisotopic (exact) mass is 344 g/mol. The number of nitrogens with one attached hydrogen (secondary N) is 1. The van der Waals surface area contributed by atoms with E-state index in [-0.39, 0.29) is 12.3 Å². The van der Waals surface area contributed by atoms with Gasteiger partial charge in [-0.25, -0.2) is 9.67 Å². The first-order chi connectivity index (χ1) is 12.8. The van der Waals surface area contributed by atoms with Crippen molar-refractivity contribution < 1.29 is 9.21 Å². The molecule has 0 aliphatic heterocycles. The van der Waals surface area contributed by atoms with Crippen LogP contribution in [0.2, 0.25) is 0 Å². The number of benzene rings is 2. The van der Waals surface area contributed by atoms with Gasteiger partial charge in [-0.1, -0.05) is 36.4 Å². The van der Waals surface area contributed by atoms with Crippen LogP contribution in [0.15, 0.2) is 83.7 Å². The number of rotatable bonds is 5. The number of amides is 1. The van der Waals surface area contributed by atoms with E-state index in [1.807, 2.05) is 60.7 Å². The normalized spacial score (nSPS) is 10.6. The number of hydrogen-bond acceptors (Lipinski definition) is 4. The van der Waals surface area contributed by atoms with Gasteiger partial charge >= 0.3 is 0 Å². The van der Waals surface area contributed by atoms with E-state index >= 15 is 0 Å². The summed E-state index contributed by atoms with van der Waals surface area (Å²) in [7, 11) is 0. The standard InChI is InChI=1S/C20H16N4O2/c25-19(11-16-14-26-20(23-16)15-7-3-1-4-8-15)22-17-12-21-24(13-17)18-9-5-2-6-10-18/h1-10,12-14H,11H2,(H,22,25). The summed E-state index contributed by atoms with van der Waals surface area (Å²) >= 11 is 0. The van der Waals surface area contributed by atoms with Crippen molar-refractivity contribution in [3.05, 3.63) is 85.0 Å². The summed E-state index contributed by atoms with van der Waals surface area (Å²) in [5.41, 5.74) is 3.02. The minimum absolute atomic E-state index is 0.132. The number of hydrogen-bond donors (Lipinski definition) is 1. The molecule has 0 aliphatic carbocycles. The number of oxazole rings is 1. The molecule has 2 aromatic carbocycles. The van der Waals surface area contributed by atoms with Gasteiger partial charge in [-0.15, -0.1) is 0 Å². The van der Waals surface area contributed by atoms with Crippen molar-refractivity contribution in [1.29, 1.82) is 0 Å². The Morgan fingerprint density at radius 2 is 1.77 bits per heavy atom. The molecular weight excluding hydrogens is 328 g/mol. The van der Waals surface area contributed by atoms with Gasteiger partial charge in [0, 0.05) is 5.56 Å². The topological polar surface area (TPSA) is 73.0 Å². The Hall–Kier alpha value is -3.67. The van der Waals surface area contributed by atoms with E-state index in [1.165, 1.54) is 6.26 Å². The minimum Gasteiger partial charge on any atom is -0.444 e. The fraction of sp³-hybridized carbons (Fsp3) is 0.0500. The molecule has 4 rings (SSSR count). The number of anilines is 1. The predicted molar refractivity (Wildman–Crippen MR) is 97.8 cm³/mol. The molecule has 0 spiro atoms. The number of carbonyl (C=O) groups excluding carboxylic acids is 1. The van der Waals surface area contributed by atoms with Crippen molar-refractivity contribution in [2.24, 2.45) is 0 Å². The molecule has 0 atom stereocenters. The van der Waals surface area contributed by atoms with E-state index in [1.54, 1.807) is 17.1 Å². The average Bonchev–Trinajstić information content (AvgIpc) is 3.33. The summed E-state index contributed by atoms with van der Waals surface area (Å²) in [6, 6.07) is 19.3. The molecule has 0 radical (unpaired) electrons. The smallest absolute Gasteiger partial charge is 0.230 e. The molecule has 2 aromatic heterocycles. The van der Waals surface area contributed by atoms with E-state index in [2.05, 4.69) is 15.4 Å². The summed E-state index contributed by atoms with van der Waals surface area (Å²) in [4.78, 5) is 16.6. The Morgan fingerprint density at radius 1 is 1.04 bits per heavy atom. The predicted octanol–water partition coefficient (Wildman–Crippen LogP) is 3.71. The largest absolute Gasteiger partial charge is 0.444 e. The number of carbonyl (C=O) groups is 1. The van der Waals surface area contributed by atoms with E-state index in [0.29, 0.717) is 17.3 Å². The number of para-hydroxylation sites is 1. The van der Waals surface area contributed by atoms with Gasteiger partial charge in [0.1, 0.15) is 6.26 Å². The van der Waals surface area contributed by atoms with Crippen LogP contribution >= 0.6 is 0 Å². The lowest BCUT2D eigenvalue weighted by molar-refractivity contribution is -0.115. The van der Waals surface area contributed by atoms with Crippen molar-refractivity contribution in [1.82, 2.24) is 14.8 Å². The lowest BCUT2D eigenvalue weighted by atomic mass is 10.2. The fourth-order valence-corrected chi connectivity index (χ4v) is 2.58. The molecule has 26 heavy (non-hydrogen) atoms. The Balaban J connectivity index is 1.40. The van der Waals surface area contributed by atoms with E-state index < -0.39 is 0 Å². The van der Waals surface area contributed by atoms with Crippen LogP contribution in [0.3, 0.4) is 0 Å². The summed E-state index contributed by atoms with van der Waals surface area (Å²) in [6.07, 6.45) is 5.02. The molecule has 6 nitrogen and oxygen atoms in total. The third-order valence-electron chi connectivity index (χ3n) is 3.80. The molecule has 6 heteroatoms. The van der Waals surface area contributed by atoms with Gasteiger partial charge in [0.2, 0.25) is 11.8 Å².